The molecule has 0 saturated carbocycles. The normalized spacial score (nSPS) is 11.6. The second kappa shape index (κ2) is 9.76. The van der Waals surface area contributed by atoms with Gasteiger partial charge in [-0.25, -0.2) is 0 Å². The number of amides is 2. The molecule has 5 nitrogen and oxygen atoms in total. The molecule has 2 amide bonds. The molecule has 0 spiro atoms. The van der Waals surface area contributed by atoms with Gasteiger partial charge >= 0.3 is 0 Å². The highest BCUT2D eigenvalue weighted by Gasteiger charge is 2.19. The third-order valence-electron chi connectivity index (χ3n) is 4.37. The zero-order valence-electron chi connectivity index (χ0n) is 16.5. The van der Waals surface area contributed by atoms with E-state index in [4.69, 9.17) is 4.74 Å². The van der Waals surface area contributed by atoms with E-state index in [1.807, 2.05) is 62.4 Å². The van der Waals surface area contributed by atoms with Crippen LogP contribution in [0.15, 0.2) is 48.5 Å². The summed E-state index contributed by atoms with van der Waals surface area (Å²) in [7, 11) is 3.51. The van der Waals surface area contributed by atoms with Gasteiger partial charge in [0.25, 0.3) is 5.91 Å². The molecule has 1 unspecified atom stereocenters. The van der Waals surface area contributed by atoms with Crippen LogP contribution < -0.4 is 10.1 Å². The third kappa shape index (κ3) is 6.13. The molecule has 27 heavy (non-hydrogen) atoms. The Balaban J connectivity index is 1.93. The molecule has 1 N–H and O–H groups in total. The average molecular weight is 368 g/mol. The fourth-order valence-electron chi connectivity index (χ4n) is 2.62. The molecule has 0 aliphatic rings. The van der Waals surface area contributed by atoms with Crippen molar-refractivity contribution < 1.29 is 14.3 Å². The monoisotopic (exact) mass is 368 g/mol. The zero-order chi connectivity index (χ0) is 19.8. The molecule has 2 aromatic carbocycles. The summed E-state index contributed by atoms with van der Waals surface area (Å²) < 4.78 is 5.89. The fraction of sp³-hybridized carbons (Fsp3) is 0.364. The standard InChI is InChI=1S/C22H28N2O3/c1-5-19(27-20-9-7-6-8-16(20)2)22(26)23-18-13-10-17(11-14-18)12-15-21(25)24(3)4/h6-11,13-14,19H,5,12,15H2,1-4H3,(H,23,26). The SMILES string of the molecule is CCC(Oc1ccccc1C)C(=O)Nc1ccc(CCC(=O)N(C)C)cc1. The summed E-state index contributed by atoms with van der Waals surface area (Å²) in [5, 5.41) is 2.90. The Morgan fingerprint density at radius 3 is 2.33 bits per heavy atom. The van der Waals surface area contributed by atoms with Crippen molar-refractivity contribution in [1.82, 2.24) is 4.90 Å². The first-order valence-electron chi connectivity index (χ1n) is 9.23. The van der Waals surface area contributed by atoms with Crippen LogP contribution in [-0.2, 0) is 16.0 Å². The largest absolute Gasteiger partial charge is 0.480 e. The first kappa shape index (κ1) is 20.5. The summed E-state index contributed by atoms with van der Waals surface area (Å²) >= 11 is 0. The number of benzene rings is 2. The summed E-state index contributed by atoms with van der Waals surface area (Å²) in [4.78, 5) is 25.8. The topological polar surface area (TPSA) is 58.6 Å². The summed E-state index contributed by atoms with van der Waals surface area (Å²) in [6, 6.07) is 15.2. The molecule has 0 aromatic heterocycles. The van der Waals surface area contributed by atoms with Gasteiger partial charge in [-0.15, -0.1) is 0 Å². The van der Waals surface area contributed by atoms with E-state index in [1.54, 1.807) is 19.0 Å². The summed E-state index contributed by atoms with van der Waals surface area (Å²) in [5.74, 6) is 0.656. The average Bonchev–Trinajstić information content (AvgIpc) is 2.66. The highest BCUT2D eigenvalue weighted by Crippen LogP contribution is 2.20. The van der Waals surface area contributed by atoms with E-state index in [0.717, 1.165) is 22.6 Å². The maximum Gasteiger partial charge on any atom is 0.265 e. The minimum Gasteiger partial charge on any atom is -0.480 e. The van der Waals surface area contributed by atoms with Crippen LogP contribution >= 0.6 is 0 Å². The lowest BCUT2D eigenvalue weighted by atomic mass is 10.1. The Labute approximate surface area is 161 Å². The van der Waals surface area contributed by atoms with E-state index in [0.29, 0.717) is 19.3 Å². The van der Waals surface area contributed by atoms with Crippen LogP contribution in [0.2, 0.25) is 0 Å². The summed E-state index contributed by atoms with van der Waals surface area (Å²) in [6.45, 7) is 3.88. The van der Waals surface area contributed by atoms with Crippen molar-refractivity contribution in [2.75, 3.05) is 19.4 Å². The van der Waals surface area contributed by atoms with E-state index in [-0.39, 0.29) is 11.8 Å². The maximum atomic E-state index is 12.5. The van der Waals surface area contributed by atoms with E-state index in [2.05, 4.69) is 5.32 Å². The lowest BCUT2D eigenvalue weighted by Gasteiger charge is -2.18. The van der Waals surface area contributed by atoms with Gasteiger partial charge < -0.3 is 15.0 Å². The molecule has 2 aromatic rings. The van der Waals surface area contributed by atoms with Crippen LogP contribution in [0.4, 0.5) is 5.69 Å². The summed E-state index contributed by atoms with van der Waals surface area (Å²) in [5.41, 5.74) is 2.78. The molecule has 144 valence electrons. The van der Waals surface area contributed by atoms with Crippen molar-refractivity contribution in [3.8, 4) is 5.75 Å². The molecule has 0 bridgehead atoms. The lowest BCUT2D eigenvalue weighted by Crippen LogP contribution is -2.32. The molecular weight excluding hydrogens is 340 g/mol. The predicted molar refractivity (Wildman–Crippen MR) is 108 cm³/mol. The fourth-order valence-corrected chi connectivity index (χ4v) is 2.62. The number of hydrogen-bond acceptors (Lipinski definition) is 3. The van der Waals surface area contributed by atoms with Gasteiger partial charge in [0.2, 0.25) is 5.91 Å². The van der Waals surface area contributed by atoms with Crippen molar-refractivity contribution in [1.29, 1.82) is 0 Å². The Morgan fingerprint density at radius 1 is 1.07 bits per heavy atom. The van der Waals surface area contributed by atoms with Crippen LogP contribution in [0.5, 0.6) is 5.75 Å². The highest BCUT2D eigenvalue weighted by atomic mass is 16.5. The Morgan fingerprint density at radius 2 is 1.74 bits per heavy atom. The molecule has 5 heteroatoms. The molecule has 0 heterocycles. The smallest absolute Gasteiger partial charge is 0.265 e. The quantitative estimate of drug-likeness (QED) is 0.771. The molecule has 2 rings (SSSR count). The molecule has 0 fully saturated rings. The minimum absolute atomic E-state index is 0.103. The number of carbonyl (C=O) groups excluding carboxylic acids is 2. The van der Waals surface area contributed by atoms with E-state index in [1.165, 1.54) is 0 Å². The maximum absolute atomic E-state index is 12.5. The van der Waals surface area contributed by atoms with Gasteiger partial charge in [0.1, 0.15) is 5.75 Å². The molecule has 0 saturated heterocycles. The zero-order valence-corrected chi connectivity index (χ0v) is 16.5. The number of aryl methyl sites for hydroxylation is 2. The van der Waals surface area contributed by atoms with Gasteiger partial charge in [0.05, 0.1) is 0 Å². The first-order chi connectivity index (χ1) is 12.9. The van der Waals surface area contributed by atoms with Crippen molar-refractivity contribution in [3.63, 3.8) is 0 Å². The van der Waals surface area contributed by atoms with Crippen LogP contribution in [-0.4, -0.2) is 36.9 Å². The van der Waals surface area contributed by atoms with Crippen molar-refractivity contribution in [2.24, 2.45) is 0 Å². The van der Waals surface area contributed by atoms with Crippen LogP contribution in [0, 0.1) is 6.92 Å². The number of anilines is 1. The van der Waals surface area contributed by atoms with Gasteiger partial charge in [-0.2, -0.15) is 0 Å². The third-order valence-corrected chi connectivity index (χ3v) is 4.37. The minimum atomic E-state index is -0.552. The number of para-hydroxylation sites is 1. The number of nitrogens with one attached hydrogen (secondary N) is 1. The van der Waals surface area contributed by atoms with Crippen molar-refractivity contribution in [2.45, 2.75) is 39.2 Å². The Bertz CT molecular complexity index is 769. The Hall–Kier alpha value is -2.82. The predicted octanol–water partition coefficient (Wildman–Crippen LogP) is 3.81. The molecule has 0 radical (unpaired) electrons. The van der Waals surface area contributed by atoms with Gasteiger partial charge in [-0.3, -0.25) is 9.59 Å². The molecule has 0 aliphatic carbocycles. The summed E-state index contributed by atoms with van der Waals surface area (Å²) in [6.07, 6.45) is 1.17. The van der Waals surface area contributed by atoms with Crippen molar-refractivity contribution >= 4 is 17.5 Å². The second-order valence-electron chi connectivity index (χ2n) is 6.75. The highest BCUT2D eigenvalue weighted by molar-refractivity contribution is 5.94. The number of carbonyl (C=O) groups is 2. The van der Waals surface area contributed by atoms with Gasteiger partial charge in [-0.05, 0) is 49.1 Å². The lowest BCUT2D eigenvalue weighted by molar-refractivity contribution is -0.128. The van der Waals surface area contributed by atoms with Crippen molar-refractivity contribution in [3.05, 3.63) is 59.7 Å². The second-order valence-corrected chi connectivity index (χ2v) is 6.75. The van der Waals surface area contributed by atoms with E-state index in [9.17, 15) is 9.59 Å². The van der Waals surface area contributed by atoms with Gasteiger partial charge in [0, 0.05) is 26.2 Å². The first-order valence-corrected chi connectivity index (χ1v) is 9.23. The van der Waals surface area contributed by atoms with Gasteiger partial charge in [0.15, 0.2) is 6.10 Å². The number of rotatable bonds is 8. The van der Waals surface area contributed by atoms with E-state index >= 15 is 0 Å². The van der Waals surface area contributed by atoms with Crippen LogP contribution in [0.3, 0.4) is 0 Å². The number of nitrogens with zero attached hydrogens (tertiary/aromatic N) is 1. The number of hydrogen-bond donors (Lipinski definition) is 1. The molecular formula is C22H28N2O3. The number of ether oxygens (including phenoxy) is 1. The van der Waals surface area contributed by atoms with Gasteiger partial charge in [-0.1, -0.05) is 37.3 Å². The van der Waals surface area contributed by atoms with Crippen LogP contribution in [0.25, 0.3) is 0 Å². The van der Waals surface area contributed by atoms with Crippen LogP contribution in [0.1, 0.15) is 30.9 Å². The Kier molecular flexibility index (Phi) is 7.41. The van der Waals surface area contributed by atoms with E-state index < -0.39 is 6.10 Å². The molecule has 0 aliphatic heterocycles. The molecule has 1 atom stereocenters.